The molecule has 0 fully saturated rings. The highest BCUT2D eigenvalue weighted by molar-refractivity contribution is 6.01. The average molecular weight is 231 g/mol. The maximum atomic E-state index is 11.4. The van der Waals surface area contributed by atoms with Gasteiger partial charge in [-0.3, -0.25) is 4.79 Å². The Morgan fingerprint density at radius 2 is 1.82 bits per heavy atom. The van der Waals surface area contributed by atoms with Gasteiger partial charge in [0, 0.05) is 26.4 Å². The van der Waals surface area contributed by atoms with Crippen molar-refractivity contribution in [2.24, 2.45) is 0 Å². The van der Waals surface area contributed by atoms with Gasteiger partial charge in [-0.15, -0.1) is 0 Å². The van der Waals surface area contributed by atoms with Gasteiger partial charge in [-0.25, -0.2) is 0 Å². The first kappa shape index (κ1) is 13.0. The van der Waals surface area contributed by atoms with E-state index in [4.69, 9.17) is 4.74 Å². The molecule has 3 heteroatoms. The van der Waals surface area contributed by atoms with Crippen LogP contribution in [-0.4, -0.2) is 31.9 Å². The monoisotopic (exact) mass is 231 g/mol. The quantitative estimate of drug-likeness (QED) is 0.728. The van der Waals surface area contributed by atoms with E-state index in [1.54, 1.807) is 25.5 Å². The first-order chi connectivity index (χ1) is 8.11. The molecule has 0 aliphatic rings. The van der Waals surface area contributed by atoms with Gasteiger partial charge in [0.25, 0.3) is 0 Å². The molecule has 1 aromatic rings. The molecule has 17 heavy (non-hydrogen) atoms. The van der Waals surface area contributed by atoms with Crippen molar-refractivity contribution in [2.75, 3.05) is 21.2 Å². The predicted molar refractivity (Wildman–Crippen MR) is 69.9 cm³/mol. The molecule has 1 aromatic carbocycles. The van der Waals surface area contributed by atoms with Crippen LogP contribution in [0.5, 0.6) is 5.75 Å². The SMILES string of the molecule is COc1ccc(C=CC(=O)C=CN(C)C)cc1. The van der Waals surface area contributed by atoms with Gasteiger partial charge in [-0.05, 0) is 23.8 Å². The third kappa shape index (κ3) is 5.02. The molecule has 0 aromatic heterocycles. The first-order valence-corrected chi connectivity index (χ1v) is 5.32. The topological polar surface area (TPSA) is 29.5 Å². The normalized spacial score (nSPS) is 11.0. The summed E-state index contributed by atoms with van der Waals surface area (Å²) in [6, 6.07) is 7.52. The summed E-state index contributed by atoms with van der Waals surface area (Å²) < 4.78 is 5.05. The summed E-state index contributed by atoms with van der Waals surface area (Å²) in [6.07, 6.45) is 6.57. The van der Waals surface area contributed by atoms with Gasteiger partial charge in [-0.1, -0.05) is 18.2 Å². The van der Waals surface area contributed by atoms with Crippen molar-refractivity contribution in [3.63, 3.8) is 0 Å². The fraction of sp³-hybridized carbons (Fsp3) is 0.214. The standard InChI is InChI=1S/C14H17NO2/c1-15(2)11-10-13(16)7-4-12-5-8-14(17-3)9-6-12/h4-11H,1-3H3. The van der Waals surface area contributed by atoms with Gasteiger partial charge in [0.05, 0.1) is 7.11 Å². The maximum absolute atomic E-state index is 11.4. The van der Waals surface area contributed by atoms with Gasteiger partial charge in [-0.2, -0.15) is 0 Å². The second-order valence-electron chi connectivity index (χ2n) is 3.79. The lowest BCUT2D eigenvalue weighted by molar-refractivity contribution is -0.110. The summed E-state index contributed by atoms with van der Waals surface area (Å²) in [5.74, 6) is 0.774. The van der Waals surface area contributed by atoms with Crippen LogP contribution >= 0.6 is 0 Å². The van der Waals surface area contributed by atoms with E-state index in [2.05, 4.69) is 0 Å². The zero-order valence-corrected chi connectivity index (χ0v) is 10.4. The van der Waals surface area contributed by atoms with E-state index in [0.29, 0.717) is 0 Å². The smallest absolute Gasteiger partial charge is 0.180 e. The van der Waals surface area contributed by atoms with E-state index in [9.17, 15) is 4.79 Å². The van der Waals surface area contributed by atoms with Gasteiger partial charge in [0.1, 0.15) is 5.75 Å². The Hall–Kier alpha value is -2.03. The Balaban J connectivity index is 2.60. The summed E-state index contributed by atoms with van der Waals surface area (Å²) in [5.41, 5.74) is 0.970. The van der Waals surface area contributed by atoms with Crippen molar-refractivity contribution in [2.45, 2.75) is 0 Å². The molecule has 0 aliphatic heterocycles. The molecule has 0 atom stereocenters. The Kier molecular flexibility index (Phi) is 5.01. The minimum Gasteiger partial charge on any atom is -0.497 e. The largest absolute Gasteiger partial charge is 0.497 e. The lowest BCUT2D eigenvalue weighted by Crippen LogP contribution is -2.01. The molecule has 0 amide bonds. The molecule has 0 radical (unpaired) electrons. The molecule has 0 aliphatic carbocycles. The zero-order chi connectivity index (χ0) is 12.7. The lowest BCUT2D eigenvalue weighted by Gasteiger charge is -2.01. The number of hydrogen-bond donors (Lipinski definition) is 0. The van der Waals surface area contributed by atoms with Gasteiger partial charge in [0.15, 0.2) is 5.78 Å². The number of nitrogens with zero attached hydrogens (tertiary/aromatic N) is 1. The highest BCUT2D eigenvalue weighted by atomic mass is 16.5. The van der Waals surface area contributed by atoms with Crippen LogP contribution in [0.2, 0.25) is 0 Å². The Bertz CT molecular complexity index is 416. The van der Waals surface area contributed by atoms with E-state index < -0.39 is 0 Å². The minimum absolute atomic E-state index is 0.0329. The molecule has 0 unspecified atom stereocenters. The summed E-state index contributed by atoms with van der Waals surface area (Å²) in [5, 5.41) is 0. The van der Waals surface area contributed by atoms with Crippen LogP contribution in [0.25, 0.3) is 6.08 Å². The molecule has 0 bridgehead atoms. The highest BCUT2D eigenvalue weighted by Gasteiger charge is 1.92. The van der Waals surface area contributed by atoms with Crippen LogP contribution in [0.3, 0.4) is 0 Å². The van der Waals surface area contributed by atoms with Gasteiger partial charge >= 0.3 is 0 Å². The fourth-order valence-corrected chi connectivity index (χ4v) is 1.17. The average Bonchev–Trinajstić information content (AvgIpc) is 2.34. The molecule has 0 heterocycles. The minimum atomic E-state index is -0.0329. The maximum Gasteiger partial charge on any atom is 0.180 e. The summed E-state index contributed by atoms with van der Waals surface area (Å²) in [4.78, 5) is 13.2. The third-order valence-electron chi connectivity index (χ3n) is 2.09. The molecule has 0 saturated carbocycles. The van der Waals surface area contributed by atoms with Crippen LogP contribution in [0.1, 0.15) is 5.56 Å². The van der Waals surface area contributed by atoms with Crippen molar-refractivity contribution < 1.29 is 9.53 Å². The van der Waals surface area contributed by atoms with Crippen LogP contribution < -0.4 is 4.74 Å². The number of rotatable bonds is 5. The van der Waals surface area contributed by atoms with Gasteiger partial charge < -0.3 is 9.64 Å². The van der Waals surface area contributed by atoms with Crippen molar-refractivity contribution in [1.29, 1.82) is 0 Å². The van der Waals surface area contributed by atoms with Crippen molar-refractivity contribution in [1.82, 2.24) is 4.90 Å². The predicted octanol–water partition coefficient (Wildman–Crippen LogP) is 2.35. The number of ketones is 1. The summed E-state index contributed by atoms with van der Waals surface area (Å²) in [7, 11) is 5.37. The highest BCUT2D eigenvalue weighted by Crippen LogP contribution is 2.12. The number of hydrogen-bond acceptors (Lipinski definition) is 3. The van der Waals surface area contributed by atoms with E-state index in [0.717, 1.165) is 11.3 Å². The second kappa shape index (κ2) is 6.53. The lowest BCUT2D eigenvalue weighted by atomic mass is 10.2. The van der Waals surface area contributed by atoms with E-state index in [1.807, 2.05) is 43.3 Å². The number of carbonyl (C=O) groups is 1. The Morgan fingerprint density at radius 3 is 2.35 bits per heavy atom. The van der Waals surface area contributed by atoms with E-state index in [-0.39, 0.29) is 5.78 Å². The number of benzene rings is 1. The van der Waals surface area contributed by atoms with Crippen molar-refractivity contribution in [3.05, 3.63) is 48.2 Å². The van der Waals surface area contributed by atoms with Crippen molar-refractivity contribution >= 4 is 11.9 Å². The third-order valence-corrected chi connectivity index (χ3v) is 2.09. The summed E-state index contributed by atoms with van der Waals surface area (Å²) >= 11 is 0. The van der Waals surface area contributed by atoms with Crippen LogP contribution in [0.15, 0.2) is 42.6 Å². The molecule has 3 nitrogen and oxygen atoms in total. The molecular formula is C14H17NO2. The van der Waals surface area contributed by atoms with E-state index >= 15 is 0 Å². The van der Waals surface area contributed by atoms with Crippen LogP contribution in [0.4, 0.5) is 0 Å². The molecule has 1 rings (SSSR count). The Labute approximate surface area is 102 Å². The number of ether oxygens (including phenoxy) is 1. The van der Waals surface area contributed by atoms with Gasteiger partial charge in [0.2, 0.25) is 0 Å². The van der Waals surface area contributed by atoms with Crippen LogP contribution in [0, 0.1) is 0 Å². The number of carbonyl (C=O) groups excluding carboxylic acids is 1. The second-order valence-corrected chi connectivity index (χ2v) is 3.79. The fourth-order valence-electron chi connectivity index (χ4n) is 1.17. The first-order valence-electron chi connectivity index (χ1n) is 5.32. The Morgan fingerprint density at radius 1 is 1.18 bits per heavy atom. The summed E-state index contributed by atoms with van der Waals surface area (Å²) in [6.45, 7) is 0. The molecule has 0 saturated heterocycles. The van der Waals surface area contributed by atoms with Crippen LogP contribution in [-0.2, 0) is 4.79 Å². The number of allylic oxidation sites excluding steroid dienone is 2. The van der Waals surface area contributed by atoms with E-state index in [1.165, 1.54) is 6.08 Å². The molecule has 0 N–H and O–H groups in total. The zero-order valence-electron chi connectivity index (χ0n) is 10.4. The molecule has 0 spiro atoms. The number of methoxy groups -OCH3 is 1. The molecule has 90 valence electrons. The molecular weight excluding hydrogens is 214 g/mol. The van der Waals surface area contributed by atoms with Crippen molar-refractivity contribution in [3.8, 4) is 5.75 Å².